The van der Waals surface area contributed by atoms with Gasteiger partial charge < -0.3 is 19.7 Å². The van der Waals surface area contributed by atoms with Crippen LogP contribution >= 0.6 is 0 Å². The molecule has 1 heterocycles. The van der Waals surface area contributed by atoms with E-state index < -0.39 is 11.9 Å². The van der Waals surface area contributed by atoms with Crippen LogP contribution in [0, 0.1) is 10.1 Å². The minimum atomic E-state index is -1.82. The Balaban J connectivity index is 0.000000569. The summed E-state index contributed by atoms with van der Waals surface area (Å²) in [6.07, 6.45) is 0. The van der Waals surface area contributed by atoms with E-state index in [2.05, 4.69) is 15.9 Å². The Labute approximate surface area is 190 Å². The lowest BCUT2D eigenvalue weighted by Crippen LogP contribution is -2.45. The van der Waals surface area contributed by atoms with Gasteiger partial charge in [-0.1, -0.05) is 18.2 Å². The summed E-state index contributed by atoms with van der Waals surface area (Å²) in [5, 5.41) is 25.7. The van der Waals surface area contributed by atoms with Crippen molar-refractivity contribution in [1.82, 2.24) is 9.80 Å². The molecule has 0 spiro atoms. The molecule has 2 aromatic rings. The molecule has 11 nitrogen and oxygen atoms in total. The van der Waals surface area contributed by atoms with Gasteiger partial charge in [0, 0.05) is 51.4 Å². The molecular formula is C22H27N3O8. The van der Waals surface area contributed by atoms with Crippen LogP contribution < -0.4 is 9.47 Å². The highest BCUT2D eigenvalue weighted by atomic mass is 16.6. The first-order chi connectivity index (χ1) is 15.7. The number of carbonyl (C=O) groups is 2. The molecule has 0 aliphatic carbocycles. The van der Waals surface area contributed by atoms with Gasteiger partial charge in [-0.25, -0.2) is 9.59 Å². The second kappa shape index (κ2) is 12.4. The van der Waals surface area contributed by atoms with Crippen LogP contribution in [0.1, 0.15) is 11.1 Å². The zero-order valence-electron chi connectivity index (χ0n) is 18.5. The zero-order chi connectivity index (χ0) is 24.4. The fourth-order valence-corrected chi connectivity index (χ4v) is 3.37. The molecule has 0 radical (unpaired) electrons. The van der Waals surface area contributed by atoms with E-state index in [4.69, 9.17) is 29.3 Å². The summed E-state index contributed by atoms with van der Waals surface area (Å²) in [6.45, 7) is 5.41. The van der Waals surface area contributed by atoms with Crippen molar-refractivity contribution in [1.29, 1.82) is 0 Å². The van der Waals surface area contributed by atoms with Crippen molar-refractivity contribution in [2.75, 3.05) is 40.4 Å². The first-order valence-electron chi connectivity index (χ1n) is 10.1. The summed E-state index contributed by atoms with van der Waals surface area (Å²) < 4.78 is 10.7. The number of carboxylic acids is 2. The molecule has 11 heteroatoms. The predicted octanol–water partition coefficient (Wildman–Crippen LogP) is 2.09. The van der Waals surface area contributed by atoms with Crippen LogP contribution in [0.5, 0.6) is 11.5 Å². The normalized spacial score (nSPS) is 14.0. The lowest BCUT2D eigenvalue weighted by atomic mass is 10.1. The molecule has 178 valence electrons. The van der Waals surface area contributed by atoms with Gasteiger partial charge in [0.15, 0.2) is 11.5 Å². The number of methoxy groups -OCH3 is 2. The maximum Gasteiger partial charge on any atom is 0.414 e. The fourth-order valence-electron chi connectivity index (χ4n) is 3.37. The molecule has 0 aromatic heterocycles. The molecule has 0 amide bonds. The van der Waals surface area contributed by atoms with Crippen LogP contribution in [-0.2, 0) is 22.7 Å². The number of ether oxygens (including phenoxy) is 2. The van der Waals surface area contributed by atoms with E-state index in [-0.39, 0.29) is 10.6 Å². The molecule has 1 fully saturated rings. The molecule has 0 unspecified atom stereocenters. The van der Waals surface area contributed by atoms with Crippen LogP contribution in [0.3, 0.4) is 0 Å². The summed E-state index contributed by atoms with van der Waals surface area (Å²) in [6, 6.07) is 12.9. The van der Waals surface area contributed by atoms with Gasteiger partial charge in [-0.05, 0) is 23.3 Å². The molecule has 0 bridgehead atoms. The number of rotatable bonds is 7. The van der Waals surface area contributed by atoms with Crippen LogP contribution in [0.4, 0.5) is 5.69 Å². The third-order valence-corrected chi connectivity index (χ3v) is 5.03. The fraction of sp³-hybridized carbons (Fsp3) is 0.364. The van der Waals surface area contributed by atoms with Gasteiger partial charge in [0.1, 0.15) is 0 Å². The van der Waals surface area contributed by atoms with Gasteiger partial charge in [0.05, 0.1) is 19.1 Å². The number of nitro benzene ring substituents is 1. The second-order valence-electron chi connectivity index (χ2n) is 7.28. The van der Waals surface area contributed by atoms with Crippen molar-refractivity contribution in [3.8, 4) is 11.5 Å². The van der Waals surface area contributed by atoms with Crippen molar-refractivity contribution in [2.45, 2.75) is 13.1 Å². The Morgan fingerprint density at radius 3 is 1.85 bits per heavy atom. The second-order valence-corrected chi connectivity index (χ2v) is 7.28. The predicted molar refractivity (Wildman–Crippen MR) is 118 cm³/mol. The number of non-ortho nitro benzene ring substituents is 1. The summed E-state index contributed by atoms with van der Waals surface area (Å²) in [7, 11) is 3.28. The third kappa shape index (κ3) is 8.05. The largest absolute Gasteiger partial charge is 0.493 e. The van der Waals surface area contributed by atoms with Crippen LogP contribution in [0.25, 0.3) is 0 Å². The molecule has 2 N–H and O–H groups in total. The molecule has 33 heavy (non-hydrogen) atoms. The Kier molecular flexibility index (Phi) is 9.58. The number of hydrogen-bond acceptors (Lipinski definition) is 8. The maximum absolute atomic E-state index is 10.9. The quantitative estimate of drug-likeness (QED) is 0.357. The van der Waals surface area contributed by atoms with E-state index in [0.29, 0.717) is 0 Å². The number of hydrogen-bond donors (Lipinski definition) is 2. The Hall–Kier alpha value is -3.70. The van der Waals surface area contributed by atoms with E-state index >= 15 is 0 Å². The van der Waals surface area contributed by atoms with Gasteiger partial charge >= 0.3 is 11.9 Å². The molecule has 1 aliphatic heterocycles. The molecule has 0 saturated carbocycles. The molecular weight excluding hydrogens is 434 g/mol. The van der Waals surface area contributed by atoms with Gasteiger partial charge in [-0.3, -0.25) is 19.9 Å². The average Bonchev–Trinajstić information content (AvgIpc) is 2.80. The molecule has 2 aromatic carbocycles. The van der Waals surface area contributed by atoms with Gasteiger partial charge in [0.2, 0.25) is 0 Å². The Bertz CT molecular complexity index is 962. The van der Waals surface area contributed by atoms with Crippen molar-refractivity contribution in [3.63, 3.8) is 0 Å². The van der Waals surface area contributed by atoms with Gasteiger partial charge in [-0.15, -0.1) is 0 Å². The number of nitro groups is 1. The van der Waals surface area contributed by atoms with Crippen molar-refractivity contribution in [3.05, 3.63) is 63.7 Å². The Morgan fingerprint density at radius 2 is 1.39 bits per heavy atom. The van der Waals surface area contributed by atoms with Crippen LogP contribution in [0.15, 0.2) is 42.5 Å². The SMILES string of the molecule is COc1ccc(CN2CCN(Cc3cccc([N+](=O)[O-])c3)CC2)cc1OC.O=C(O)C(=O)O. The van der Waals surface area contributed by atoms with E-state index in [1.165, 1.54) is 11.6 Å². The first kappa shape index (κ1) is 25.6. The summed E-state index contributed by atoms with van der Waals surface area (Å²) in [5.41, 5.74) is 2.33. The van der Waals surface area contributed by atoms with E-state index in [1.807, 2.05) is 18.2 Å². The van der Waals surface area contributed by atoms with Gasteiger partial charge in [0.25, 0.3) is 5.69 Å². The molecule has 1 aliphatic rings. The number of nitrogens with zero attached hydrogens (tertiary/aromatic N) is 3. The number of carboxylic acid groups (broad SMARTS) is 2. The minimum Gasteiger partial charge on any atom is -0.493 e. The van der Waals surface area contributed by atoms with Crippen molar-refractivity contribution < 1.29 is 34.2 Å². The smallest absolute Gasteiger partial charge is 0.414 e. The standard InChI is InChI=1S/C20H25N3O4.C2H2O4/c1-26-19-7-6-17(13-20(19)27-2)15-22-10-8-21(9-11-22)14-16-4-3-5-18(12-16)23(24)25;3-1(4)2(5)6/h3-7,12-13H,8-11,14-15H2,1-2H3;(H,3,4)(H,5,6). The maximum atomic E-state index is 10.9. The van der Waals surface area contributed by atoms with E-state index in [0.717, 1.165) is 56.3 Å². The monoisotopic (exact) mass is 461 g/mol. The summed E-state index contributed by atoms with van der Waals surface area (Å²) >= 11 is 0. The first-order valence-corrected chi connectivity index (χ1v) is 10.1. The highest BCUT2D eigenvalue weighted by Crippen LogP contribution is 2.28. The third-order valence-electron chi connectivity index (χ3n) is 5.03. The number of benzene rings is 2. The van der Waals surface area contributed by atoms with Crippen molar-refractivity contribution in [2.24, 2.45) is 0 Å². The van der Waals surface area contributed by atoms with Gasteiger partial charge in [-0.2, -0.15) is 0 Å². The highest BCUT2D eigenvalue weighted by molar-refractivity contribution is 6.27. The summed E-state index contributed by atoms with van der Waals surface area (Å²) in [4.78, 5) is 33.5. The molecule has 1 saturated heterocycles. The van der Waals surface area contributed by atoms with Crippen molar-refractivity contribution >= 4 is 17.6 Å². The van der Waals surface area contributed by atoms with E-state index in [9.17, 15) is 10.1 Å². The average molecular weight is 461 g/mol. The summed E-state index contributed by atoms with van der Waals surface area (Å²) in [5.74, 6) is -2.16. The highest BCUT2D eigenvalue weighted by Gasteiger charge is 2.18. The lowest BCUT2D eigenvalue weighted by molar-refractivity contribution is -0.384. The van der Waals surface area contributed by atoms with Crippen LogP contribution in [-0.4, -0.2) is 77.3 Å². The molecule has 3 rings (SSSR count). The zero-order valence-corrected chi connectivity index (χ0v) is 18.5. The Morgan fingerprint density at radius 1 is 0.879 bits per heavy atom. The van der Waals surface area contributed by atoms with E-state index in [1.54, 1.807) is 26.4 Å². The van der Waals surface area contributed by atoms with Crippen LogP contribution in [0.2, 0.25) is 0 Å². The number of piperazine rings is 1. The molecule has 0 atom stereocenters. The number of aliphatic carboxylic acids is 2. The topological polar surface area (TPSA) is 143 Å². The minimum absolute atomic E-state index is 0.152. The lowest BCUT2D eigenvalue weighted by Gasteiger charge is -2.34.